The molecule has 0 unspecified atom stereocenters. The van der Waals surface area contributed by atoms with Crippen LogP contribution in [0.15, 0.2) is 48.8 Å². The molecule has 1 aromatic carbocycles. The van der Waals surface area contributed by atoms with Crippen LogP contribution in [0.4, 0.5) is 5.69 Å². The van der Waals surface area contributed by atoms with Gasteiger partial charge in [0, 0.05) is 45.1 Å². The van der Waals surface area contributed by atoms with Gasteiger partial charge in [-0.2, -0.15) is 0 Å². The minimum atomic E-state index is -0.0477. The fourth-order valence-electron chi connectivity index (χ4n) is 3.36. The second kappa shape index (κ2) is 9.92. The Morgan fingerprint density at radius 3 is 2.67 bits per heavy atom. The topological polar surface area (TPSA) is 57.7 Å². The van der Waals surface area contributed by atoms with Gasteiger partial charge in [-0.1, -0.05) is 12.1 Å². The first kappa shape index (κ1) is 19.2. The summed E-state index contributed by atoms with van der Waals surface area (Å²) in [5, 5.41) is 2.96. The first-order chi connectivity index (χ1) is 13.3. The normalized spacial score (nSPS) is 14.8. The van der Waals surface area contributed by atoms with Gasteiger partial charge in [0.2, 0.25) is 0 Å². The molecule has 1 fully saturated rings. The molecular formula is C21H28N4O2. The smallest absolute Gasteiger partial charge is 0.252 e. The molecule has 1 aliphatic heterocycles. The molecule has 1 aromatic heterocycles. The van der Waals surface area contributed by atoms with Crippen LogP contribution in [-0.2, 0) is 0 Å². The van der Waals surface area contributed by atoms with E-state index < -0.39 is 0 Å². The third-order valence-corrected chi connectivity index (χ3v) is 4.91. The summed E-state index contributed by atoms with van der Waals surface area (Å²) in [5.41, 5.74) is 1.79. The van der Waals surface area contributed by atoms with Gasteiger partial charge in [0.15, 0.2) is 0 Å². The summed E-state index contributed by atoms with van der Waals surface area (Å²) in [5.74, 6) is 0.892. The van der Waals surface area contributed by atoms with E-state index in [9.17, 15) is 4.79 Å². The Morgan fingerprint density at radius 2 is 1.93 bits per heavy atom. The maximum atomic E-state index is 12.0. The van der Waals surface area contributed by atoms with Crippen LogP contribution in [0.1, 0.15) is 23.2 Å². The minimum absolute atomic E-state index is 0.0477. The van der Waals surface area contributed by atoms with E-state index in [0.29, 0.717) is 12.1 Å². The van der Waals surface area contributed by atoms with E-state index in [1.807, 2.05) is 12.1 Å². The Hall–Kier alpha value is -2.60. The summed E-state index contributed by atoms with van der Waals surface area (Å²) in [6, 6.07) is 11.8. The van der Waals surface area contributed by atoms with Crippen molar-refractivity contribution in [2.24, 2.45) is 0 Å². The van der Waals surface area contributed by atoms with Crippen LogP contribution in [0.25, 0.3) is 0 Å². The zero-order valence-electron chi connectivity index (χ0n) is 15.9. The van der Waals surface area contributed by atoms with Crippen molar-refractivity contribution in [2.45, 2.75) is 12.8 Å². The van der Waals surface area contributed by atoms with Gasteiger partial charge in [-0.15, -0.1) is 0 Å². The molecule has 2 aromatic rings. The van der Waals surface area contributed by atoms with Crippen molar-refractivity contribution < 1.29 is 9.53 Å². The molecule has 1 saturated heterocycles. The summed E-state index contributed by atoms with van der Waals surface area (Å²) in [7, 11) is 1.72. The number of carbonyl (C=O) groups is 1. The number of para-hydroxylation sites is 2. The predicted octanol–water partition coefficient (Wildman–Crippen LogP) is 2.42. The zero-order chi connectivity index (χ0) is 18.9. The number of hydrogen-bond acceptors (Lipinski definition) is 5. The van der Waals surface area contributed by atoms with E-state index in [0.717, 1.165) is 51.3 Å². The zero-order valence-corrected chi connectivity index (χ0v) is 15.9. The Labute approximate surface area is 161 Å². The predicted molar refractivity (Wildman–Crippen MR) is 107 cm³/mol. The number of amides is 1. The lowest BCUT2D eigenvalue weighted by atomic mass is 10.2. The number of rotatable bonds is 8. The Kier molecular flexibility index (Phi) is 7.04. The molecule has 144 valence electrons. The maximum Gasteiger partial charge on any atom is 0.252 e. The van der Waals surface area contributed by atoms with Crippen LogP contribution >= 0.6 is 0 Å². The molecule has 2 heterocycles. The molecule has 1 N–H and O–H groups in total. The first-order valence-corrected chi connectivity index (χ1v) is 9.56. The lowest BCUT2D eigenvalue weighted by molar-refractivity contribution is 0.0952. The second-order valence-electron chi connectivity index (χ2n) is 6.71. The molecule has 0 atom stereocenters. The third-order valence-electron chi connectivity index (χ3n) is 4.91. The van der Waals surface area contributed by atoms with Crippen LogP contribution in [0.5, 0.6) is 5.75 Å². The number of piperazine rings is 1. The molecule has 6 heteroatoms. The number of carbonyl (C=O) groups excluding carboxylic acids is 1. The van der Waals surface area contributed by atoms with Gasteiger partial charge in [-0.05, 0) is 43.7 Å². The SMILES string of the molecule is COc1ccccc1N1CCN(CCCCNC(=O)c2cccnc2)CC1. The van der Waals surface area contributed by atoms with Crippen molar-refractivity contribution in [2.75, 3.05) is 51.3 Å². The quantitative estimate of drug-likeness (QED) is 0.725. The van der Waals surface area contributed by atoms with Crippen LogP contribution in [0.3, 0.4) is 0 Å². The van der Waals surface area contributed by atoms with Crippen molar-refractivity contribution in [3.05, 3.63) is 54.4 Å². The minimum Gasteiger partial charge on any atom is -0.495 e. The van der Waals surface area contributed by atoms with Crippen molar-refractivity contribution in [3.8, 4) is 5.75 Å². The molecule has 1 amide bonds. The largest absolute Gasteiger partial charge is 0.495 e. The van der Waals surface area contributed by atoms with E-state index in [1.165, 1.54) is 5.69 Å². The van der Waals surface area contributed by atoms with Gasteiger partial charge in [0.1, 0.15) is 5.75 Å². The van der Waals surface area contributed by atoms with Crippen LogP contribution in [-0.4, -0.2) is 62.2 Å². The van der Waals surface area contributed by atoms with E-state index in [4.69, 9.17) is 4.74 Å². The maximum absolute atomic E-state index is 12.0. The number of hydrogen-bond donors (Lipinski definition) is 1. The lowest BCUT2D eigenvalue weighted by Crippen LogP contribution is -2.46. The highest BCUT2D eigenvalue weighted by molar-refractivity contribution is 5.93. The Bertz CT molecular complexity index is 715. The summed E-state index contributed by atoms with van der Waals surface area (Å²) in [6.07, 6.45) is 5.33. The lowest BCUT2D eigenvalue weighted by Gasteiger charge is -2.36. The number of nitrogens with zero attached hydrogens (tertiary/aromatic N) is 3. The van der Waals surface area contributed by atoms with Gasteiger partial charge in [-0.25, -0.2) is 0 Å². The van der Waals surface area contributed by atoms with Gasteiger partial charge < -0.3 is 15.0 Å². The standard InChI is InChI=1S/C21H28N4O2/c1-27-20-9-3-2-8-19(20)25-15-13-24(14-16-25)12-5-4-11-23-21(26)18-7-6-10-22-17-18/h2-3,6-10,17H,4-5,11-16H2,1H3,(H,23,26). The highest BCUT2D eigenvalue weighted by Gasteiger charge is 2.19. The highest BCUT2D eigenvalue weighted by atomic mass is 16.5. The number of pyridine rings is 1. The van der Waals surface area contributed by atoms with Gasteiger partial charge in [-0.3, -0.25) is 14.7 Å². The number of anilines is 1. The van der Waals surface area contributed by atoms with Crippen molar-refractivity contribution in [3.63, 3.8) is 0 Å². The summed E-state index contributed by atoms with van der Waals surface area (Å²) < 4.78 is 5.47. The molecule has 27 heavy (non-hydrogen) atoms. The van der Waals surface area contributed by atoms with Gasteiger partial charge in [0.05, 0.1) is 18.4 Å². The van der Waals surface area contributed by atoms with Crippen LogP contribution in [0, 0.1) is 0 Å². The number of aromatic nitrogens is 1. The second-order valence-corrected chi connectivity index (χ2v) is 6.71. The fourth-order valence-corrected chi connectivity index (χ4v) is 3.36. The van der Waals surface area contributed by atoms with Crippen LogP contribution in [0.2, 0.25) is 0 Å². The average molecular weight is 368 g/mol. The monoisotopic (exact) mass is 368 g/mol. The number of nitrogens with one attached hydrogen (secondary N) is 1. The molecule has 0 bridgehead atoms. The number of unbranched alkanes of at least 4 members (excludes halogenated alkanes) is 1. The Balaban J connectivity index is 1.32. The molecule has 0 aliphatic carbocycles. The summed E-state index contributed by atoms with van der Waals surface area (Å²) in [6.45, 7) is 5.91. The van der Waals surface area contributed by atoms with Crippen molar-refractivity contribution >= 4 is 11.6 Å². The molecule has 0 spiro atoms. The third kappa shape index (κ3) is 5.44. The van der Waals surface area contributed by atoms with Crippen molar-refractivity contribution in [1.29, 1.82) is 0 Å². The van der Waals surface area contributed by atoms with E-state index >= 15 is 0 Å². The summed E-state index contributed by atoms with van der Waals surface area (Å²) >= 11 is 0. The summed E-state index contributed by atoms with van der Waals surface area (Å²) in [4.78, 5) is 20.8. The first-order valence-electron chi connectivity index (χ1n) is 9.56. The van der Waals surface area contributed by atoms with Gasteiger partial charge >= 0.3 is 0 Å². The molecular weight excluding hydrogens is 340 g/mol. The number of ether oxygens (including phenoxy) is 1. The number of methoxy groups -OCH3 is 1. The van der Waals surface area contributed by atoms with E-state index in [1.54, 1.807) is 31.6 Å². The van der Waals surface area contributed by atoms with E-state index in [2.05, 4.69) is 32.2 Å². The molecule has 1 aliphatic rings. The highest BCUT2D eigenvalue weighted by Crippen LogP contribution is 2.28. The molecule has 0 radical (unpaired) electrons. The Morgan fingerprint density at radius 1 is 1.11 bits per heavy atom. The number of benzene rings is 1. The van der Waals surface area contributed by atoms with Gasteiger partial charge in [0.25, 0.3) is 5.91 Å². The molecule has 3 rings (SSSR count). The van der Waals surface area contributed by atoms with Crippen molar-refractivity contribution in [1.82, 2.24) is 15.2 Å². The van der Waals surface area contributed by atoms with Crippen LogP contribution < -0.4 is 15.0 Å². The molecule has 6 nitrogen and oxygen atoms in total. The molecule has 0 saturated carbocycles. The fraction of sp³-hybridized carbons (Fsp3) is 0.429. The van der Waals surface area contributed by atoms with E-state index in [-0.39, 0.29) is 5.91 Å². The average Bonchev–Trinajstić information content (AvgIpc) is 2.74.